The largest absolute Gasteiger partial charge is 0.335 e. The van der Waals surface area contributed by atoms with Crippen LogP contribution in [0.25, 0.3) is 37.7 Å². The van der Waals surface area contributed by atoms with Gasteiger partial charge in [-0.25, -0.2) is 0 Å². The number of aryl methyl sites for hydroxylation is 1. The lowest BCUT2D eigenvalue weighted by atomic mass is 10.0. The van der Waals surface area contributed by atoms with Crippen LogP contribution in [0.15, 0.2) is 119 Å². The summed E-state index contributed by atoms with van der Waals surface area (Å²) < 4.78 is 1.37. The molecule has 1 nitrogen and oxygen atoms in total. The lowest BCUT2D eigenvalue weighted by molar-refractivity contribution is 1.01. The Bertz CT molecular complexity index is 1730. The van der Waals surface area contributed by atoms with Crippen molar-refractivity contribution in [2.75, 3.05) is 11.4 Å². The molecule has 0 spiro atoms. The highest BCUT2D eigenvalue weighted by Gasteiger charge is 2.25. The smallest absolute Gasteiger partial charge is 0.0801 e. The molecule has 0 saturated carbocycles. The van der Waals surface area contributed by atoms with Crippen LogP contribution < -0.4 is 4.90 Å². The zero-order valence-corrected chi connectivity index (χ0v) is 22.8. The lowest BCUT2D eigenvalue weighted by Crippen LogP contribution is -2.16. The van der Waals surface area contributed by atoms with Gasteiger partial charge >= 0.3 is 0 Å². The summed E-state index contributed by atoms with van der Waals surface area (Å²) in [5, 5.41) is 8.00. The fourth-order valence-electron chi connectivity index (χ4n) is 5.22. The second-order valence-corrected chi connectivity index (χ2v) is 11.2. The summed E-state index contributed by atoms with van der Waals surface area (Å²) >= 11 is 3.74. The van der Waals surface area contributed by atoms with Crippen LogP contribution in [0, 0.1) is 0 Å². The highest BCUT2D eigenvalue weighted by Crippen LogP contribution is 2.49. The van der Waals surface area contributed by atoms with Gasteiger partial charge in [0.1, 0.15) is 0 Å². The quantitative estimate of drug-likeness (QED) is 0.207. The van der Waals surface area contributed by atoms with Gasteiger partial charge in [0.2, 0.25) is 0 Å². The van der Waals surface area contributed by atoms with Crippen LogP contribution in [0.5, 0.6) is 0 Å². The van der Waals surface area contributed by atoms with E-state index in [0.717, 1.165) is 13.0 Å². The van der Waals surface area contributed by atoms with Crippen molar-refractivity contribution in [2.45, 2.75) is 25.2 Å². The Morgan fingerprint density at radius 1 is 0.730 bits per heavy atom. The molecule has 1 aliphatic rings. The van der Waals surface area contributed by atoms with E-state index in [2.05, 4.69) is 134 Å². The molecule has 0 fully saturated rings. The monoisotopic (exact) mass is 515 g/mol. The fourth-order valence-corrected chi connectivity index (χ4v) is 7.60. The zero-order valence-electron chi connectivity index (χ0n) is 21.1. The van der Waals surface area contributed by atoms with E-state index >= 15 is 0 Å². The number of allylic oxidation sites excluding steroid dienone is 6. The summed E-state index contributed by atoms with van der Waals surface area (Å²) in [6.07, 6.45) is 16.2. The molecule has 0 unspecified atom stereocenters. The van der Waals surface area contributed by atoms with Gasteiger partial charge in [0.15, 0.2) is 0 Å². The van der Waals surface area contributed by atoms with Gasteiger partial charge in [-0.15, -0.1) is 11.3 Å². The third-order valence-electron chi connectivity index (χ3n) is 6.92. The fraction of sp³-hybridized carbons (Fsp3) is 0.118. The van der Waals surface area contributed by atoms with Crippen molar-refractivity contribution < 1.29 is 0 Å². The summed E-state index contributed by atoms with van der Waals surface area (Å²) in [5.41, 5.74) is 2.79. The van der Waals surface area contributed by atoms with Crippen molar-refractivity contribution in [3.8, 4) is 0 Å². The van der Waals surface area contributed by atoms with Gasteiger partial charge in [0.25, 0.3) is 0 Å². The van der Waals surface area contributed by atoms with Crippen LogP contribution >= 0.6 is 23.1 Å². The molecule has 0 bridgehead atoms. The topological polar surface area (TPSA) is 3.24 Å². The molecule has 6 rings (SSSR count). The minimum atomic E-state index is 0.955. The number of hydrogen-bond donors (Lipinski definition) is 0. The van der Waals surface area contributed by atoms with Gasteiger partial charge in [0, 0.05) is 31.8 Å². The molecule has 3 heteroatoms. The Hall–Kier alpha value is -3.53. The van der Waals surface area contributed by atoms with Gasteiger partial charge in [-0.2, -0.15) is 0 Å². The molecule has 0 saturated heterocycles. The first-order valence-electron chi connectivity index (χ1n) is 12.9. The number of thiophene rings is 1. The second-order valence-electron chi connectivity index (χ2n) is 9.07. The summed E-state index contributed by atoms with van der Waals surface area (Å²) in [4.78, 5) is 5.12. The Morgan fingerprint density at radius 3 is 2.24 bits per heavy atom. The van der Waals surface area contributed by atoms with Gasteiger partial charge in [-0.05, 0) is 59.4 Å². The van der Waals surface area contributed by atoms with E-state index in [1.807, 2.05) is 23.1 Å². The molecule has 2 heterocycles. The van der Waals surface area contributed by atoms with E-state index in [1.165, 1.54) is 57.7 Å². The Morgan fingerprint density at radius 2 is 1.43 bits per heavy atom. The number of rotatable bonds is 6. The lowest BCUT2D eigenvalue weighted by Gasteiger charge is -2.19. The van der Waals surface area contributed by atoms with E-state index in [1.54, 1.807) is 0 Å². The van der Waals surface area contributed by atoms with E-state index in [-0.39, 0.29) is 0 Å². The third-order valence-corrected chi connectivity index (χ3v) is 9.20. The predicted octanol–water partition coefficient (Wildman–Crippen LogP) is 10.4. The minimum absolute atomic E-state index is 0.955. The number of anilines is 1. The molecule has 182 valence electrons. The van der Waals surface area contributed by atoms with Crippen LogP contribution in [0.3, 0.4) is 0 Å². The van der Waals surface area contributed by atoms with Crippen molar-refractivity contribution in [1.82, 2.24) is 0 Å². The molecule has 37 heavy (non-hydrogen) atoms. The third kappa shape index (κ3) is 4.43. The molecule has 0 radical (unpaired) electrons. The second kappa shape index (κ2) is 10.5. The van der Waals surface area contributed by atoms with E-state index in [9.17, 15) is 0 Å². The highest BCUT2D eigenvalue weighted by molar-refractivity contribution is 8.03. The van der Waals surface area contributed by atoms with Gasteiger partial charge in [-0.3, -0.25) is 0 Å². The molecule has 0 atom stereocenters. The van der Waals surface area contributed by atoms with Crippen LogP contribution in [0.2, 0.25) is 0 Å². The van der Waals surface area contributed by atoms with Crippen molar-refractivity contribution in [3.63, 3.8) is 0 Å². The average molecular weight is 516 g/mol. The summed E-state index contributed by atoms with van der Waals surface area (Å²) in [6.45, 7) is 5.44. The SMILES string of the molecule is CCc1c(C=CC=CC=CC=C2Sc3ccc4ccccc4c3N2CC)sc2ccc3ccccc3c12. The molecule has 0 amide bonds. The minimum Gasteiger partial charge on any atom is -0.335 e. The van der Waals surface area contributed by atoms with E-state index in [4.69, 9.17) is 0 Å². The van der Waals surface area contributed by atoms with Gasteiger partial charge in [-0.1, -0.05) is 110 Å². The molecular weight excluding hydrogens is 487 g/mol. The molecule has 0 N–H and O–H groups in total. The van der Waals surface area contributed by atoms with Crippen molar-refractivity contribution in [1.29, 1.82) is 0 Å². The van der Waals surface area contributed by atoms with Crippen molar-refractivity contribution in [3.05, 3.63) is 125 Å². The number of nitrogens with zero attached hydrogens (tertiary/aromatic N) is 1. The molecular formula is C34H29NS2. The Balaban J connectivity index is 1.19. The Kier molecular flexibility index (Phi) is 6.73. The molecule has 1 aliphatic heterocycles. The maximum absolute atomic E-state index is 2.42. The standard InChI is InChI=1S/C34H29NS2/c1-3-26-29(36-30-22-20-24-14-10-12-16-27(24)33(26)30)18-8-6-5-7-9-19-32-35(4-2)34-28-17-13-11-15-25(28)21-23-31(34)37-32/h5-23H,3-4H2,1-2H3. The van der Waals surface area contributed by atoms with Crippen LogP contribution in [-0.4, -0.2) is 6.54 Å². The van der Waals surface area contributed by atoms with Gasteiger partial charge in [0.05, 0.1) is 10.7 Å². The number of hydrogen-bond acceptors (Lipinski definition) is 3. The summed E-state index contributed by atoms with van der Waals surface area (Å²) in [7, 11) is 0. The van der Waals surface area contributed by atoms with Crippen molar-refractivity contribution in [2.24, 2.45) is 0 Å². The van der Waals surface area contributed by atoms with Crippen LogP contribution in [-0.2, 0) is 6.42 Å². The molecule has 0 aliphatic carbocycles. The predicted molar refractivity (Wildman–Crippen MR) is 167 cm³/mol. The molecule has 4 aromatic carbocycles. The van der Waals surface area contributed by atoms with Crippen LogP contribution in [0.4, 0.5) is 5.69 Å². The first-order chi connectivity index (χ1) is 18.3. The highest BCUT2D eigenvalue weighted by atomic mass is 32.2. The number of thioether (sulfide) groups is 1. The van der Waals surface area contributed by atoms with E-state index < -0.39 is 0 Å². The Labute approximate surface area is 227 Å². The zero-order chi connectivity index (χ0) is 25.2. The van der Waals surface area contributed by atoms with Crippen molar-refractivity contribution >= 4 is 66.5 Å². The summed E-state index contributed by atoms with van der Waals surface area (Å²) in [5.74, 6) is 0. The maximum Gasteiger partial charge on any atom is 0.0801 e. The first kappa shape index (κ1) is 23.8. The van der Waals surface area contributed by atoms with Gasteiger partial charge < -0.3 is 4.90 Å². The maximum atomic E-state index is 2.42. The van der Waals surface area contributed by atoms with E-state index in [0.29, 0.717) is 0 Å². The molecule has 1 aromatic heterocycles. The average Bonchev–Trinajstić information content (AvgIpc) is 3.50. The normalized spacial score (nSPS) is 15.1. The number of fused-ring (bicyclic) bond motifs is 6. The first-order valence-corrected chi connectivity index (χ1v) is 14.5. The number of benzene rings is 4. The van der Waals surface area contributed by atoms with Crippen LogP contribution in [0.1, 0.15) is 24.3 Å². The summed E-state index contributed by atoms with van der Waals surface area (Å²) in [6, 6.07) is 26.4. The molecule has 5 aromatic rings.